The second kappa shape index (κ2) is 9.95. The predicted octanol–water partition coefficient (Wildman–Crippen LogP) is 9.56. The summed E-state index contributed by atoms with van der Waals surface area (Å²) in [5, 5.41) is 0. The Morgan fingerprint density at radius 1 is 0.884 bits per heavy atom. The lowest BCUT2D eigenvalue weighted by Crippen LogP contribution is -2.30. The van der Waals surface area contributed by atoms with Crippen LogP contribution in [0.5, 0.6) is 0 Å². The molecule has 0 heterocycles. The van der Waals surface area contributed by atoms with Gasteiger partial charge in [0, 0.05) is 23.3 Å². The third-order valence-electron chi connectivity index (χ3n) is 10.0. The molecule has 0 N–H and O–H groups in total. The molecule has 0 radical (unpaired) electrons. The SMILES string of the molecule is C=CC(=O)OCCCc1ccc2c(c1)C(C)(C)c1cc(C3=CC=C4C=CC5=CC(C(C)(C)C)=CC6=CC=C3C4C65)ccc1-2. The van der Waals surface area contributed by atoms with Gasteiger partial charge in [-0.15, -0.1) is 0 Å². The van der Waals surface area contributed by atoms with Gasteiger partial charge in [0.2, 0.25) is 0 Å². The first-order valence-corrected chi connectivity index (χ1v) is 15.6. The number of carbonyl (C=O) groups excluding carboxylic acids is 1. The molecule has 43 heavy (non-hydrogen) atoms. The third kappa shape index (κ3) is 4.50. The van der Waals surface area contributed by atoms with Crippen LogP contribution in [0.15, 0.2) is 126 Å². The van der Waals surface area contributed by atoms with Crippen LogP contribution in [0.4, 0.5) is 0 Å². The molecule has 216 valence electrons. The van der Waals surface area contributed by atoms with Crippen LogP contribution in [0, 0.1) is 17.3 Å². The molecular formula is C41H40O2. The molecule has 0 aliphatic heterocycles. The molecule has 0 fully saturated rings. The van der Waals surface area contributed by atoms with E-state index in [9.17, 15) is 4.79 Å². The first-order chi connectivity index (χ1) is 20.6. The van der Waals surface area contributed by atoms with Gasteiger partial charge in [0.05, 0.1) is 6.61 Å². The zero-order chi connectivity index (χ0) is 30.1. The van der Waals surface area contributed by atoms with Gasteiger partial charge in [-0.25, -0.2) is 4.79 Å². The number of benzene rings is 2. The lowest BCUT2D eigenvalue weighted by atomic mass is 9.61. The first kappa shape index (κ1) is 27.7. The van der Waals surface area contributed by atoms with Crippen LogP contribution in [0.1, 0.15) is 63.3 Å². The summed E-state index contributed by atoms with van der Waals surface area (Å²) in [4.78, 5) is 11.4. The van der Waals surface area contributed by atoms with Crippen LogP contribution in [-0.4, -0.2) is 12.6 Å². The first-order valence-electron chi connectivity index (χ1n) is 15.6. The standard InChI is InChI=1S/C41H40O2/c1-7-37(42)43-20-8-9-25-10-16-32-33-18-14-27(24-36(33)41(5,6)35(32)21-25)31-17-13-26-11-12-28-22-30(40(2,3)4)23-29-15-19-34(31)39(26)38(28)29/h7,10-19,21-24,38-39H,1,8-9,20H2,2-6H3. The fourth-order valence-electron chi connectivity index (χ4n) is 7.60. The summed E-state index contributed by atoms with van der Waals surface area (Å²) in [5.41, 5.74) is 16.5. The van der Waals surface area contributed by atoms with Crippen LogP contribution < -0.4 is 0 Å². The fourth-order valence-corrected chi connectivity index (χ4v) is 7.60. The number of ether oxygens (including phenoxy) is 1. The molecule has 0 bridgehead atoms. The van der Waals surface area contributed by atoms with Crippen molar-refractivity contribution in [2.24, 2.45) is 17.3 Å². The zero-order valence-electron chi connectivity index (χ0n) is 26.0. The number of esters is 1. The molecule has 2 heteroatoms. The number of carbonyl (C=O) groups is 1. The topological polar surface area (TPSA) is 26.3 Å². The highest BCUT2D eigenvalue weighted by Gasteiger charge is 2.41. The van der Waals surface area contributed by atoms with E-state index in [1.165, 1.54) is 72.9 Å². The van der Waals surface area contributed by atoms with Gasteiger partial charge >= 0.3 is 5.97 Å². The number of allylic oxidation sites excluding steroid dienone is 14. The van der Waals surface area contributed by atoms with Gasteiger partial charge in [-0.1, -0.05) is 120 Å². The number of hydrogen-bond acceptors (Lipinski definition) is 2. The van der Waals surface area contributed by atoms with Gasteiger partial charge in [-0.3, -0.25) is 0 Å². The average Bonchev–Trinajstić information content (AvgIpc) is 3.22. The highest BCUT2D eigenvalue weighted by molar-refractivity contribution is 5.89. The molecule has 2 unspecified atom stereocenters. The highest BCUT2D eigenvalue weighted by atomic mass is 16.5. The van der Waals surface area contributed by atoms with Crippen LogP contribution in [-0.2, 0) is 21.4 Å². The van der Waals surface area contributed by atoms with Crippen molar-refractivity contribution < 1.29 is 9.53 Å². The maximum absolute atomic E-state index is 11.4. The Kier molecular flexibility index (Phi) is 6.40. The Balaban J connectivity index is 1.21. The highest BCUT2D eigenvalue weighted by Crippen LogP contribution is 2.55. The number of aryl methyl sites for hydroxylation is 1. The van der Waals surface area contributed by atoms with Crippen molar-refractivity contribution in [3.05, 3.63) is 148 Å². The Bertz CT molecular complexity index is 1800. The maximum atomic E-state index is 11.4. The smallest absolute Gasteiger partial charge is 0.330 e. The second-order valence-electron chi connectivity index (χ2n) is 14.1. The van der Waals surface area contributed by atoms with Crippen LogP contribution in [0.3, 0.4) is 0 Å². The van der Waals surface area contributed by atoms with Crippen LogP contribution in [0.2, 0.25) is 0 Å². The van der Waals surface area contributed by atoms with Crippen molar-refractivity contribution in [3.8, 4) is 11.1 Å². The molecule has 2 aromatic rings. The predicted molar refractivity (Wildman–Crippen MR) is 177 cm³/mol. The van der Waals surface area contributed by atoms with E-state index in [-0.39, 0.29) is 16.8 Å². The van der Waals surface area contributed by atoms with E-state index in [2.05, 4.69) is 126 Å². The molecule has 7 rings (SSSR count). The lowest BCUT2D eigenvalue weighted by Gasteiger charge is -2.42. The van der Waals surface area contributed by atoms with Crippen molar-refractivity contribution in [1.29, 1.82) is 0 Å². The minimum Gasteiger partial charge on any atom is -0.463 e. The van der Waals surface area contributed by atoms with E-state index in [4.69, 9.17) is 4.74 Å². The summed E-state index contributed by atoms with van der Waals surface area (Å²) < 4.78 is 5.19. The van der Waals surface area contributed by atoms with E-state index in [0.29, 0.717) is 18.4 Å². The largest absolute Gasteiger partial charge is 0.463 e. The van der Waals surface area contributed by atoms with Crippen molar-refractivity contribution in [1.82, 2.24) is 0 Å². The molecule has 0 aromatic heterocycles. The Labute approximate surface area is 256 Å². The van der Waals surface area contributed by atoms with Gasteiger partial charge in [0.1, 0.15) is 0 Å². The molecule has 0 amide bonds. The third-order valence-corrected chi connectivity index (χ3v) is 10.0. The zero-order valence-corrected chi connectivity index (χ0v) is 26.0. The van der Waals surface area contributed by atoms with E-state index < -0.39 is 0 Å². The van der Waals surface area contributed by atoms with Gasteiger partial charge in [-0.2, -0.15) is 0 Å². The summed E-state index contributed by atoms with van der Waals surface area (Å²) >= 11 is 0. The molecule has 2 nitrogen and oxygen atoms in total. The van der Waals surface area contributed by atoms with Crippen molar-refractivity contribution >= 4 is 11.5 Å². The van der Waals surface area contributed by atoms with Gasteiger partial charge < -0.3 is 4.74 Å². The summed E-state index contributed by atoms with van der Waals surface area (Å²) in [5.74, 6) is 0.393. The summed E-state index contributed by atoms with van der Waals surface area (Å²) in [7, 11) is 0. The molecule has 2 atom stereocenters. The van der Waals surface area contributed by atoms with Gasteiger partial charge in [0.15, 0.2) is 0 Å². The summed E-state index contributed by atoms with van der Waals surface area (Å²) in [6, 6.07) is 14.0. The van der Waals surface area contributed by atoms with E-state index >= 15 is 0 Å². The molecule has 2 aromatic carbocycles. The summed E-state index contributed by atoms with van der Waals surface area (Å²) in [6.45, 7) is 15.5. The van der Waals surface area contributed by atoms with Crippen molar-refractivity contribution in [3.63, 3.8) is 0 Å². The van der Waals surface area contributed by atoms with E-state index in [0.717, 1.165) is 12.8 Å². The second-order valence-corrected chi connectivity index (χ2v) is 14.1. The number of fused-ring (bicyclic) bond motifs is 3. The van der Waals surface area contributed by atoms with Crippen LogP contribution in [0.25, 0.3) is 16.7 Å². The monoisotopic (exact) mass is 564 g/mol. The number of rotatable bonds is 6. The average molecular weight is 565 g/mol. The van der Waals surface area contributed by atoms with Crippen molar-refractivity contribution in [2.45, 2.75) is 52.9 Å². The lowest BCUT2D eigenvalue weighted by molar-refractivity contribution is -0.137. The van der Waals surface area contributed by atoms with Crippen LogP contribution >= 0.6 is 0 Å². The Morgan fingerprint density at radius 3 is 2.37 bits per heavy atom. The quantitative estimate of drug-likeness (QED) is 0.198. The minimum absolute atomic E-state index is 0.1000. The van der Waals surface area contributed by atoms with Gasteiger partial charge in [0.25, 0.3) is 0 Å². The van der Waals surface area contributed by atoms with Crippen molar-refractivity contribution in [2.75, 3.05) is 6.61 Å². The van der Waals surface area contributed by atoms with E-state index in [1.54, 1.807) is 0 Å². The molecule has 5 aliphatic rings. The summed E-state index contributed by atoms with van der Waals surface area (Å²) in [6.07, 6.45) is 21.9. The molecule has 0 spiro atoms. The normalized spacial score (nSPS) is 22.1. The van der Waals surface area contributed by atoms with Gasteiger partial charge in [-0.05, 0) is 91.1 Å². The Morgan fingerprint density at radius 2 is 1.60 bits per heavy atom. The molecular weight excluding hydrogens is 524 g/mol. The van der Waals surface area contributed by atoms with E-state index in [1.807, 2.05) is 0 Å². The molecule has 0 saturated heterocycles. The number of hydrogen-bond donors (Lipinski definition) is 0. The minimum atomic E-state index is -0.358. The molecule has 0 saturated carbocycles. The fraction of sp³-hybridized carbons (Fsp3) is 0.293. The maximum Gasteiger partial charge on any atom is 0.330 e. The molecule has 5 aliphatic carbocycles. The Hall–Kier alpha value is -4.17.